The Kier molecular flexibility index (Phi) is 3.88. The van der Waals surface area contributed by atoms with Gasteiger partial charge in [0, 0.05) is 5.56 Å². The van der Waals surface area contributed by atoms with Gasteiger partial charge in [0.1, 0.15) is 11.9 Å². The molecule has 0 heterocycles. The molecule has 0 saturated carbocycles. The minimum atomic E-state index is -0.916. The first kappa shape index (κ1) is 12.0. The molecule has 0 aliphatic heterocycles. The van der Waals surface area contributed by atoms with Gasteiger partial charge in [0.2, 0.25) is 5.91 Å². The minimum Gasteiger partial charge on any atom is -0.490 e. The van der Waals surface area contributed by atoms with Crippen LogP contribution in [0.1, 0.15) is 23.7 Å². The molecule has 0 spiro atoms. The highest BCUT2D eigenvalue weighted by Gasteiger charge is 2.09. The summed E-state index contributed by atoms with van der Waals surface area (Å²) in [6.07, 6.45) is -0.491. The predicted octanol–water partition coefficient (Wildman–Crippen LogP) is 1.03. The Bertz CT molecular complexity index is 385. The Balaban J connectivity index is 2.61. The van der Waals surface area contributed by atoms with Crippen molar-refractivity contribution in [2.24, 2.45) is 5.73 Å². The number of carboxylic acids is 1. The van der Waals surface area contributed by atoms with E-state index < -0.39 is 18.0 Å². The van der Waals surface area contributed by atoms with Crippen molar-refractivity contribution < 1.29 is 19.4 Å². The summed E-state index contributed by atoms with van der Waals surface area (Å²) < 4.78 is 5.33. The fourth-order valence-electron chi connectivity index (χ4n) is 1.22. The number of hydrogen-bond donors (Lipinski definition) is 2. The van der Waals surface area contributed by atoms with Gasteiger partial charge in [0.25, 0.3) is 0 Å². The first-order valence-corrected chi connectivity index (χ1v) is 4.77. The average Bonchev–Trinajstić information content (AvgIpc) is 2.16. The van der Waals surface area contributed by atoms with Crippen molar-refractivity contribution in [3.05, 3.63) is 29.8 Å². The van der Waals surface area contributed by atoms with Gasteiger partial charge >= 0.3 is 5.97 Å². The Morgan fingerprint density at radius 2 is 1.94 bits per heavy atom. The van der Waals surface area contributed by atoms with Gasteiger partial charge in [-0.25, -0.2) is 0 Å². The van der Waals surface area contributed by atoms with E-state index in [1.165, 1.54) is 12.1 Å². The molecule has 1 aromatic rings. The summed E-state index contributed by atoms with van der Waals surface area (Å²) in [5, 5.41) is 8.54. The SMILES string of the molecule is C[C@@H](CC(=O)O)Oc1ccc(C(N)=O)cc1. The number of primary amides is 1. The molecule has 3 N–H and O–H groups in total. The van der Waals surface area contributed by atoms with Crippen LogP contribution >= 0.6 is 0 Å². The molecule has 16 heavy (non-hydrogen) atoms. The number of nitrogens with two attached hydrogens (primary N) is 1. The van der Waals surface area contributed by atoms with Crippen LogP contribution in [0.25, 0.3) is 0 Å². The molecule has 5 heteroatoms. The van der Waals surface area contributed by atoms with Crippen molar-refractivity contribution >= 4 is 11.9 Å². The van der Waals surface area contributed by atoms with Gasteiger partial charge in [0.15, 0.2) is 0 Å². The molecular weight excluding hydrogens is 210 g/mol. The zero-order valence-electron chi connectivity index (χ0n) is 8.84. The second-order valence-corrected chi connectivity index (χ2v) is 3.41. The lowest BCUT2D eigenvalue weighted by Crippen LogP contribution is -2.16. The van der Waals surface area contributed by atoms with Crippen LogP contribution in [0, 0.1) is 0 Å². The monoisotopic (exact) mass is 223 g/mol. The maximum atomic E-state index is 10.8. The summed E-state index contributed by atoms with van der Waals surface area (Å²) >= 11 is 0. The van der Waals surface area contributed by atoms with Crippen LogP contribution in [0.3, 0.4) is 0 Å². The van der Waals surface area contributed by atoms with Crippen LogP contribution in [0.5, 0.6) is 5.75 Å². The molecule has 0 bridgehead atoms. The number of carbonyl (C=O) groups excluding carboxylic acids is 1. The molecule has 0 radical (unpaired) electrons. The number of carbonyl (C=O) groups is 2. The molecule has 0 fully saturated rings. The summed E-state index contributed by atoms with van der Waals surface area (Å²) in [6.45, 7) is 1.66. The van der Waals surface area contributed by atoms with Gasteiger partial charge in [-0.2, -0.15) is 0 Å². The van der Waals surface area contributed by atoms with Crippen LogP contribution in [0.15, 0.2) is 24.3 Å². The Labute approximate surface area is 92.8 Å². The first-order valence-electron chi connectivity index (χ1n) is 4.77. The molecule has 1 amide bonds. The number of benzene rings is 1. The van der Waals surface area contributed by atoms with Crippen molar-refractivity contribution in [2.75, 3.05) is 0 Å². The smallest absolute Gasteiger partial charge is 0.307 e. The molecular formula is C11H13NO4. The highest BCUT2D eigenvalue weighted by atomic mass is 16.5. The maximum absolute atomic E-state index is 10.8. The zero-order chi connectivity index (χ0) is 12.1. The fourth-order valence-corrected chi connectivity index (χ4v) is 1.22. The number of carboxylic acid groups (broad SMARTS) is 1. The van der Waals surface area contributed by atoms with Crippen LogP contribution in [-0.2, 0) is 4.79 Å². The van der Waals surface area contributed by atoms with Gasteiger partial charge in [-0.1, -0.05) is 0 Å². The molecule has 1 atom stereocenters. The largest absolute Gasteiger partial charge is 0.490 e. The van der Waals surface area contributed by atoms with Crippen molar-refractivity contribution in [3.63, 3.8) is 0 Å². The molecule has 0 unspecified atom stereocenters. The third kappa shape index (κ3) is 3.61. The molecule has 0 aliphatic carbocycles. The van der Waals surface area contributed by atoms with Gasteiger partial charge < -0.3 is 15.6 Å². The Morgan fingerprint density at radius 1 is 1.38 bits per heavy atom. The van der Waals surface area contributed by atoms with Crippen molar-refractivity contribution in [3.8, 4) is 5.75 Å². The minimum absolute atomic E-state index is 0.0719. The molecule has 0 aliphatic rings. The second kappa shape index (κ2) is 5.16. The number of hydrogen-bond acceptors (Lipinski definition) is 3. The summed E-state index contributed by atoms with van der Waals surface area (Å²) in [5.41, 5.74) is 5.46. The van der Waals surface area contributed by atoms with Crippen LogP contribution in [-0.4, -0.2) is 23.1 Å². The van der Waals surface area contributed by atoms with Crippen molar-refractivity contribution in [1.82, 2.24) is 0 Å². The van der Waals surface area contributed by atoms with E-state index in [4.69, 9.17) is 15.6 Å². The summed E-state index contributed by atoms with van der Waals surface area (Å²) in [5.74, 6) is -0.912. The highest BCUT2D eigenvalue weighted by molar-refractivity contribution is 5.92. The van der Waals surface area contributed by atoms with E-state index in [-0.39, 0.29) is 6.42 Å². The van der Waals surface area contributed by atoms with E-state index in [0.29, 0.717) is 11.3 Å². The standard InChI is InChI=1S/C11H13NO4/c1-7(6-10(13)14)16-9-4-2-8(3-5-9)11(12)15/h2-5,7H,6H2,1H3,(H2,12,15)(H,13,14)/t7-/m0/s1. The summed E-state index contributed by atoms with van der Waals surface area (Å²) in [6, 6.07) is 6.23. The lowest BCUT2D eigenvalue weighted by atomic mass is 10.2. The number of aliphatic carboxylic acids is 1. The maximum Gasteiger partial charge on any atom is 0.307 e. The third-order valence-corrected chi connectivity index (χ3v) is 1.94. The molecule has 0 saturated heterocycles. The number of rotatable bonds is 5. The summed E-state index contributed by atoms with van der Waals surface area (Å²) in [7, 11) is 0. The molecule has 1 aromatic carbocycles. The van der Waals surface area contributed by atoms with E-state index in [0.717, 1.165) is 0 Å². The average molecular weight is 223 g/mol. The van der Waals surface area contributed by atoms with Gasteiger partial charge in [-0.15, -0.1) is 0 Å². The Morgan fingerprint density at radius 3 is 2.38 bits per heavy atom. The topological polar surface area (TPSA) is 89.6 Å². The predicted molar refractivity (Wildman–Crippen MR) is 57.3 cm³/mol. The van der Waals surface area contributed by atoms with E-state index in [1.54, 1.807) is 19.1 Å². The van der Waals surface area contributed by atoms with Gasteiger partial charge in [-0.05, 0) is 31.2 Å². The van der Waals surface area contributed by atoms with E-state index >= 15 is 0 Å². The molecule has 0 aromatic heterocycles. The van der Waals surface area contributed by atoms with Crippen LogP contribution in [0.2, 0.25) is 0 Å². The Hall–Kier alpha value is -2.04. The molecule has 5 nitrogen and oxygen atoms in total. The first-order chi connectivity index (χ1) is 7.49. The van der Waals surface area contributed by atoms with Crippen LogP contribution in [0.4, 0.5) is 0 Å². The summed E-state index contributed by atoms with van der Waals surface area (Å²) in [4.78, 5) is 21.2. The molecule has 86 valence electrons. The zero-order valence-corrected chi connectivity index (χ0v) is 8.84. The van der Waals surface area contributed by atoms with Gasteiger partial charge in [0.05, 0.1) is 6.42 Å². The quantitative estimate of drug-likeness (QED) is 0.780. The second-order valence-electron chi connectivity index (χ2n) is 3.41. The van der Waals surface area contributed by atoms with E-state index in [2.05, 4.69) is 0 Å². The molecule has 1 rings (SSSR count). The highest BCUT2D eigenvalue weighted by Crippen LogP contribution is 2.14. The number of ether oxygens (including phenoxy) is 1. The van der Waals surface area contributed by atoms with E-state index in [9.17, 15) is 9.59 Å². The van der Waals surface area contributed by atoms with Crippen molar-refractivity contribution in [2.45, 2.75) is 19.4 Å². The van der Waals surface area contributed by atoms with E-state index in [1.807, 2.05) is 0 Å². The normalized spacial score (nSPS) is 11.8. The van der Waals surface area contributed by atoms with Crippen LogP contribution < -0.4 is 10.5 Å². The lowest BCUT2D eigenvalue weighted by molar-refractivity contribution is -0.138. The third-order valence-electron chi connectivity index (χ3n) is 1.94. The fraction of sp³-hybridized carbons (Fsp3) is 0.273. The number of amides is 1. The van der Waals surface area contributed by atoms with Crippen molar-refractivity contribution in [1.29, 1.82) is 0 Å². The van der Waals surface area contributed by atoms with Gasteiger partial charge in [-0.3, -0.25) is 9.59 Å². The lowest BCUT2D eigenvalue weighted by Gasteiger charge is -2.12.